The summed E-state index contributed by atoms with van der Waals surface area (Å²) in [5, 5.41) is 15.5. The van der Waals surface area contributed by atoms with Gasteiger partial charge in [-0.3, -0.25) is 10.2 Å². The van der Waals surface area contributed by atoms with Crippen LogP contribution in [-0.2, 0) is 5.67 Å². The largest absolute Gasteiger partial charge is 0.342 e. The van der Waals surface area contributed by atoms with Crippen LogP contribution in [0.5, 0.6) is 0 Å². The second-order valence-electron chi connectivity index (χ2n) is 9.87. The molecule has 1 atom stereocenters. The zero-order chi connectivity index (χ0) is 25.4. The van der Waals surface area contributed by atoms with Gasteiger partial charge < -0.3 is 10.2 Å². The molecule has 2 heterocycles. The minimum atomic E-state index is -2.72. The number of aryl methyl sites for hydroxylation is 1. The number of piperidine rings is 1. The summed E-state index contributed by atoms with van der Waals surface area (Å²) in [6.07, 6.45) is 0.137. The van der Waals surface area contributed by atoms with Gasteiger partial charge in [-0.1, -0.05) is 24.6 Å². The Morgan fingerprint density at radius 2 is 1.86 bits per heavy atom. The van der Waals surface area contributed by atoms with Gasteiger partial charge in [0.15, 0.2) is 5.84 Å². The lowest BCUT2D eigenvalue weighted by Crippen LogP contribution is -2.43. The van der Waals surface area contributed by atoms with Crippen molar-refractivity contribution >= 4 is 11.7 Å². The predicted molar refractivity (Wildman–Crippen MR) is 129 cm³/mol. The van der Waals surface area contributed by atoms with Gasteiger partial charge in [-0.2, -0.15) is 10.4 Å². The third-order valence-corrected chi connectivity index (χ3v) is 7.70. The molecule has 2 aromatic carbocycles. The monoisotopic (exact) mass is 495 g/mol. The number of nitrogens with zero attached hydrogens (tertiary/aromatic N) is 3. The highest BCUT2D eigenvalue weighted by atomic mass is 19.3. The van der Waals surface area contributed by atoms with Gasteiger partial charge in [0.05, 0.1) is 11.6 Å². The van der Waals surface area contributed by atoms with Gasteiger partial charge in [-0.15, -0.1) is 0 Å². The molecule has 1 aliphatic carbocycles. The number of halogens is 3. The molecule has 1 unspecified atom stereocenters. The van der Waals surface area contributed by atoms with Crippen molar-refractivity contribution in [3.05, 3.63) is 69.8 Å². The Hall–Kier alpha value is -3.54. The molecule has 2 fully saturated rings. The van der Waals surface area contributed by atoms with Crippen LogP contribution in [0.25, 0.3) is 0 Å². The average Bonchev–Trinajstić information content (AvgIpc) is 3.34. The number of hydrogen-bond acceptors (Lipinski definition) is 5. The van der Waals surface area contributed by atoms with Crippen molar-refractivity contribution in [3.8, 4) is 6.07 Å². The highest BCUT2D eigenvalue weighted by Crippen LogP contribution is 2.41. The number of carbonyl (C=O) groups is 1. The molecular weight excluding hydrogens is 467 g/mol. The first kappa shape index (κ1) is 24.2. The Kier molecular flexibility index (Phi) is 6.37. The molecule has 2 N–H and O–H groups in total. The summed E-state index contributed by atoms with van der Waals surface area (Å²) >= 11 is 0. The van der Waals surface area contributed by atoms with Crippen molar-refractivity contribution in [2.75, 3.05) is 13.1 Å². The number of alkyl halides is 3. The van der Waals surface area contributed by atoms with E-state index < -0.39 is 24.1 Å². The lowest BCUT2D eigenvalue weighted by Gasteiger charge is -2.37. The number of likely N-dealkylation sites (tertiary alicyclic amines) is 1. The summed E-state index contributed by atoms with van der Waals surface area (Å²) in [6, 6.07) is 12.3. The van der Waals surface area contributed by atoms with Crippen molar-refractivity contribution in [1.82, 2.24) is 15.6 Å². The van der Waals surface area contributed by atoms with Gasteiger partial charge in [0.1, 0.15) is 11.8 Å². The Labute approximate surface area is 208 Å². The van der Waals surface area contributed by atoms with E-state index >= 15 is 4.39 Å². The van der Waals surface area contributed by atoms with Crippen LogP contribution in [0.1, 0.15) is 82.4 Å². The van der Waals surface area contributed by atoms with Gasteiger partial charge in [-0.05, 0) is 60.6 Å². The van der Waals surface area contributed by atoms with Crippen molar-refractivity contribution in [2.45, 2.75) is 63.2 Å². The number of nitriles is 1. The van der Waals surface area contributed by atoms with E-state index in [0.29, 0.717) is 22.6 Å². The normalized spacial score (nSPS) is 21.3. The smallest absolute Gasteiger partial charge is 0.296 e. The van der Waals surface area contributed by atoms with Gasteiger partial charge in [0, 0.05) is 37.1 Å². The van der Waals surface area contributed by atoms with E-state index in [4.69, 9.17) is 5.26 Å². The molecule has 5 rings (SSSR count). The number of rotatable bonds is 5. The maximum Gasteiger partial charge on any atom is 0.296 e. The zero-order valence-corrected chi connectivity index (χ0v) is 20.0. The average molecular weight is 496 g/mol. The molecule has 188 valence electrons. The molecule has 1 amide bonds. The summed E-state index contributed by atoms with van der Waals surface area (Å²) < 4.78 is 42.0. The Morgan fingerprint density at radius 3 is 2.42 bits per heavy atom. The second kappa shape index (κ2) is 9.49. The summed E-state index contributed by atoms with van der Waals surface area (Å²) in [5.41, 5.74) is 5.31. The van der Waals surface area contributed by atoms with Crippen molar-refractivity contribution < 1.29 is 18.0 Å². The van der Waals surface area contributed by atoms with E-state index in [1.165, 1.54) is 0 Å². The van der Waals surface area contributed by atoms with Crippen LogP contribution in [0.2, 0.25) is 0 Å². The molecule has 36 heavy (non-hydrogen) atoms. The molecular formula is C27H28F3N5O. The number of hydrogen-bond donors (Lipinski definition) is 2. The Bertz CT molecular complexity index is 1230. The Morgan fingerprint density at radius 1 is 1.17 bits per heavy atom. The minimum absolute atomic E-state index is 0.161. The van der Waals surface area contributed by atoms with E-state index in [-0.39, 0.29) is 31.8 Å². The Balaban J connectivity index is 1.36. The maximum atomic E-state index is 15.7. The fraction of sp³-hybridized carbons (Fsp3) is 0.444. The van der Waals surface area contributed by atoms with Crippen LogP contribution in [0.4, 0.5) is 13.2 Å². The molecule has 3 aliphatic rings. The number of amidine groups is 1. The van der Waals surface area contributed by atoms with Crippen molar-refractivity contribution in [3.63, 3.8) is 0 Å². The molecule has 2 aliphatic heterocycles. The first-order chi connectivity index (χ1) is 17.3. The molecule has 0 aromatic heterocycles. The van der Waals surface area contributed by atoms with E-state index in [1.807, 2.05) is 19.1 Å². The van der Waals surface area contributed by atoms with Crippen LogP contribution in [0.3, 0.4) is 0 Å². The highest BCUT2D eigenvalue weighted by Gasteiger charge is 2.38. The van der Waals surface area contributed by atoms with Gasteiger partial charge in [-0.25, -0.2) is 13.2 Å². The van der Waals surface area contributed by atoms with Crippen LogP contribution >= 0.6 is 0 Å². The number of nitrogens with one attached hydrogen (secondary N) is 2. The summed E-state index contributed by atoms with van der Waals surface area (Å²) in [7, 11) is 0. The predicted octanol–water partition coefficient (Wildman–Crippen LogP) is 5.01. The SMILES string of the molecule is Cc1cc(C2CCC2)c(C2NN=C(C(F)F)N2)cc1C(=O)N1CCC(F)(c2ccc(C#N)cc2)CC1. The molecule has 2 aromatic rings. The fourth-order valence-electron chi connectivity index (χ4n) is 5.27. The van der Waals surface area contributed by atoms with Gasteiger partial charge in [0.2, 0.25) is 0 Å². The molecule has 0 radical (unpaired) electrons. The molecule has 9 heteroatoms. The molecule has 1 saturated carbocycles. The van der Waals surface area contributed by atoms with E-state index in [9.17, 15) is 13.6 Å². The number of hydrazone groups is 1. The van der Waals surface area contributed by atoms with Gasteiger partial charge in [0.25, 0.3) is 12.3 Å². The minimum Gasteiger partial charge on any atom is -0.342 e. The van der Waals surface area contributed by atoms with E-state index in [2.05, 4.69) is 15.8 Å². The summed E-state index contributed by atoms with van der Waals surface area (Å²) in [4.78, 5) is 15.2. The van der Waals surface area contributed by atoms with Crippen molar-refractivity contribution in [1.29, 1.82) is 5.26 Å². The summed E-state index contributed by atoms with van der Waals surface area (Å²) in [6.45, 7) is 2.40. The van der Waals surface area contributed by atoms with Crippen LogP contribution < -0.4 is 10.7 Å². The third kappa shape index (κ3) is 4.41. The number of carbonyl (C=O) groups excluding carboxylic acids is 1. The standard InChI is InChI=1S/C27H28F3N5O/c1-16-13-21(18-3-2-4-18)22(24-32-25(23(28)29)34-33-24)14-20(16)26(36)35-11-9-27(30,10-12-35)19-7-5-17(15-31)6-8-19/h5-8,13-14,18,23-24,33H,2-4,9-12H2,1H3,(H,32,34). The topological polar surface area (TPSA) is 80.5 Å². The van der Waals surface area contributed by atoms with E-state index in [1.54, 1.807) is 35.2 Å². The number of amides is 1. The number of benzene rings is 2. The molecule has 0 spiro atoms. The molecule has 0 bridgehead atoms. The van der Waals surface area contributed by atoms with Gasteiger partial charge >= 0.3 is 0 Å². The fourth-order valence-corrected chi connectivity index (χ4v) is 5.27. The maximum absolute atomic E-state index is 15.7. The summed E-state index contributed by atoms with van der Waals surface area (Å²) in [5.74, 6) is -0.272. The van der Waals surface area contributed by atoms with Crippen LogP contribution in [0.15, 0.2) is 41.5 Å². The van der Waals surface area contributed by atoms with E-state index in [0.717, 1.165) is 36.0 Å². The zero-order valence-electron chi connectivity index (χ0n) is 20.0. The third-order valence-electron chi connectivity index (χ3n) is 7.70. The highest BCUT2D eigenvalue weighted by molar-refractivity contribution is 5.96. The van der Waals surface area contributed by atoms with Crippen LogP contribution in [0, 0.1) is 18.3 Å². The molecule has 1 saturated heterocycles. The quantitative estimate of drug-likeness (QED) is 0.612. The van der Waals surface area contributed by atoms with Crippen molar-refractivity contribution in [2.24, 2.45) is 5.10 Å². The lowest BCUT2D eigenvalue weighted by molar-refractivity contribution is 0.0420. The van der Waals surface area contributed by atoms with Crippen LogP contribution in [-0.4, -0.2) is 36.2 Å². The second-order valence-corrected chi connectivity index (χ2v) is 9.87. The molecule has 6 nitrogen and oxygen atoms in total. The first-order valence-electron chi connectivity index (χ1n) is 12.3. The lowest BCUT2D eigenvalue weighted by atomic mass is 9.76. The first-order valence-corrected chi connectivity index (χ1v) is 12.3.